The molecule has 3 aromatic heterocycles. The van der Waals surface area contributed by atoms with Crippen LogP contribution in [0.5, 0.6) is 17.2 Å². The highest BCUT2D eigenvalue weighted by molar-refractivity contribution is 7.90. The molecule has 17 heteroatoms. The number of ether oxygens (including phenoxy) is 2. The minimum atomic E-state index is -4.76. The first-order chi connectivity index (χ1) is 32.1. The molecule has 2 aliphatic carbocycles. The Hall–Kier alpha value is -5.78. The van der Waals surface area contributed by atoms with Crippen LogP contribution in [-0.2, 0) is 10.0 Å². The third-order valence-corrected chi connectivity index (χ3v) is 16.5. The van der Waals surface area contributed by atoms with E-state index in [2.05, 4.69) is 72.9 Å². The summed E-state index contributed by atoms with van der Waals surface area (Å²) in [5.41, 5.74) is 3.97. The Bertz CT molecular complexity index is 2790. The summed E-state index contributed by atoms with van der Waals surface area (Å²) in [4.78, 5) is 42.2. The van der Waals surface area contributed by atoms with Crippen molar-refractivity contribution in [2.45, 2.75) is 126 Å². The van der Waals surface area contributed by atoms with Gasteiger partial charge in [-0.2, -0.15) is 8.42 Å². The van der Waals surface area contributed by atoms with Gasteiger partial charge < -0.3 is 39.9 Å². The van der Waals surface area contributed by atoms with Crippen LogP contribution < -0.4 is 24.4 Å². The van der Waals surface area contributed by atoms with Gasteiger partial charge in [0.1, 0.15) is 23.8 Å². The number of nitro groups is 1. The summed E-state index contributed by atoms with van der Waals surface area (Å²) in [6, 6.07) is 19.6. The minimum absolute atomic E-state index is 0.0159. The van der Waals surface area contributed by atoms with Gasteiger partial charge in [0.25, 0.3) is 10.9 Å². The van der Waals surface area contributed by atoms with E-state index in [1.807, 2.05) is 13.0 Å². The fourth-order valence-corrected chi connectivity index (χ4v) is 12.5. The van der Waals surface area contributed by atoms with Crippen molar-refractivity contribution in [3.8, 4) is 17.2 Å². The number of rotatable bonds is 12. The molecule has 5 aliphatic rings. The number of hydrogen-bond acceptors (Lipinski definition) is 13. The molecular formula is C50H60N8O8S. The predicted molar refractivity (Wildman–Crippen MR) is 254 cm³/mol. The third kappa shape index (κ3) is 9.17. The number of benzene rings is 2. The van der Waals surface area contributed by atoms with Gasteiger partial charge in [-0.1, -0.05) is 38.1 Å². The minimum Gasteiger partial charge on any atom is -0.489 e. The first-order valence-corrected chi connectivity index (χ1v) is 25.3. The van der Waals surface area contributed by atoms with Crippen LogP contribution in [0.1, 0.15) is 125 Å². The maximum atomic E-state index is 14.1. The number of likely N-dealkylation sites (tertiary alicyclic amines) is 1. The molecule has 16 nitrogen and oxygen atoms in total. The summed E-state index contributed by atoms with van der Waals surface area (Å²) in [7, 11) is -4.76. The normalized spacial score (nSPS) is 24.2. The molecule has 5 aromatic rings. The molecule has 6 heterocycles. The predicted octanol–water partition coefficient (Wildman–Crippen LogP) is 8.99. The van der Waals surface area contributed by atoms with E-state index in [0.29, 0.717) is 60.0 Å². The van der Waals surface area contributed by atoms with Gasteiger partial charge in [0.2, 0.25) is 0 Å². The lowest BCUT2D eigenvalue weighted by Gasteiger charge is -2.56. The first kappa shape index (κ1) is 45.0. The van der Waals surface area contributed by atoms with Crippen LogP contribution in [0.2, 0.25) is 0 Å². The molecule has 67 heavy (non-hydrogen) atoms. The third-order valence-electron chi connectivity index (χ3n) is 15.3. The van der Waals surface area contributed by atoms with Crippen molar-refractivity contribution >= 4 is 44.2 Å². The van der Waals surface area contributed by atoms with E-state index in [4.69, 9.17) is 9.47 Å². The zero-order chi connectivity index (χ0) is 46.7. The maximum absolute atomic E-state index is 14.1. The summed E-state index contributed by atoms with van der Waals surface area (Å²) in [6.45, 7) is 9.35. The lowest BCUT2D eigenvalue weighted by Crippen LogP contribution is -2.54. The van der Waals surface area contributed by atoms with Gasteiger partial charge in [-0.3, -0.25) is 9.69 Å². The van der Waals surface area contributed by atoms with E-state index in [1.165, 1.54) is 43.0 Å². The number of carbonyl (C=O) groups is 1. The van der Waals surface area contributed by atoms with Crippen LogP contribution in [0, 0.1) is 21.4 Å². The Morgan fingerprint density at radius 1 is 1.04 bits per heavy atom. The van der Waals surface area contributed by atoms with Crippen LogP contribution in [0.15, 0.2) is 78.1 Å². The summed E-state index contributed by atoms with van der Waals surface area (Å²) in [5, 5.41) is 25.9. The lowest BCUT2D eigenvalue weighted by atomic mass is 9.59. The summed E-state index contributed by atoms with van der Waals surface area (Å²) in [6.07, 6.45) is 13.8. The lowest BCUT2D eigenvalue weighted by molar-refractivity contribution is -0.389. The molecule has 4 N–H and O–H groups in total. The molecule has 1 amide bonds. The van der Waals surface area contributed by atoms with E-state index in [-0.39, 0.29) is 35.4 Å². The number of amides is 1. The largest absolute Gasteiger partial charge is 0.489 e. The number of hydrogen-bond donors (Lipinski definition) is 4. The van der Waals surface area contributed by atoms with Crippen molar-refractivity contribution in [3.63, 3.8) is 0 Å². The van der Waals surface area contributed by atoms with Crippen molar-refractivity contribution in [1.82, 2.24) is 24.6 Å². The maximum Gasteiger partial charge on any atom is 0.392 e. The van der Waals surface area contributed by atoms with E-state index < -0.39 is 37.3 Å². The number of pyridine rings is 2. The highest BCUT2D eigenvalue weighted by Gasteiger charge is 2.50. The molecule has 2 saturated heterocycles. The molecule has 3 aliphatic heterocycles. The summed E-state index contributed by atoms with van der Waals surface area (Å²) >= 11 is 0. The number of anilines is 2. The molecule has 2 atom stereocenters. The van der Waals surface area contributed by atoms with Gasteiger partial charge in [0.15, 0.2) is 11.4 Å². The van der Waals surface area contributed by atoms with Crippen LogP contribution >= 0.6 is 0 Å². The average molecular weight is 933 g/mol. The number of H-pyrrole nitrogens is 1. The number of nitrogens with zero attached hydrogens (tertiary/aromatic N) is 5. The molecule has 354 valence electrons. The fraction of sp³-hybridized carbons (Fsp3) is 0.500. The standard InChI is InChI=1S/C50H60N8O8S/c1-31(2)38-7-4-5-8-39(38)41-9-6-20-57(41)36-27-50(28-36)17-21-56(22-18-50)35-10-11-40(42(25-35)66-37-24-33-14-19-51-46(33)52-29-37)48(59)55-67(63,64)44-26-43-45(47(54-44)58(61)62)53-34(30-65-43)23-32-12-15-49(3,60)16-13-32/h4-5,7-8,10-11,14,19,24-26,29,31-32,34,36,41,53,60H,6,9,12-13,15-18,20-23,27-28,30H2,1-3H3,(H,51,52)(H,55,59)/t32-,34-,41+,49-/m0/s1. The first-order valence-electron chi connectivity index (χ1n) is 23.9. The van der Waals surface area contributed by atoms with E-state index >= 15 is 0 Å². The van der Waals surface area contributed by atoms with Crippen LogP contribution in [0.3, 0.4) is 0 Å². The fourth-order valence-electron chi connectivity index (χ4n) is 11.5. The van der Waals surface area contributed by atoms with E-state index in [9.17, 15) is 28.4 Å². The second kappa shape index (κ2) is 17.7. The number of carbonyl (C=O) groups excluding carboxylic acids is 1. The molecule has 0 unspecified atom stereocenters. The van der Waals surface area contributed by atoms with Crippen molar-refractivity contribution in [1.29, 1.82) is 0 Å². The van der Waals surface area contributed by atoms with E-state index in [1.54, 1.807) is 30.5 Å². The van der Waals surface area contributed by atoms with Gasteiger partial charge in [-0.25, -0.2) is 9.71 Å². The van der Waals surface area contributed by atoms with Gasteiger partial charge in [-0.05, 0) is 147 Å². The molecule has 2 aromatic carbocycles. The number of piperidine rings is 1. The zero-order valence-electron chi connectivity index (χ0n) is 38.4. The highest BCUT2D eigenvalue weighted by Crippen LogP contribution is 2.54. The smallest absolute Gasteiger partial charge is 0.392 e. The van der Waals surface area contributed by atoms with Crippen molar-refractivity contribution < 1.29 is 32.7 Å². The van der Waals surface area contributed by atoms with Gasteiger partial charge in [0, 0.05) is 54.6 Å². The second-order valence-electron chi connectivity index (χ2n) is 20.3. The Balaban J connectivity index is 0.845. The van der Waals surface area contributed by atoms with Gasteiger partial charge >= 0.3 is 15.8 Å². The Morgan fingerprint density at radius 2 is 1.82 bits per heavy atom. The highest BCUT2D eigenvalue weighted by atomic mass is 32.2. The molecule has 0 bridgehead atoms. The Labute approximate surface area is 391 Å². The zero-order valence-corrected chi connectivity index (χ0v) is 39.2. The molecule has 0 radical (unpaired) electrons. The van der Waals surface area contributed by atoms with Crippen molar-refractivity contribution in [2.75, 3.05) is 36.5 Å². The quantitative estimate of drug-likeness (QED) is 0.0682. The average Bonchev–Trinajstić information content (AvgIpc) is 3.98. The SMILES string of the molecule is CC(C)c1ccccc1[C@H]1CCCN1C1CC2(CCN(c3ccc(C(=O)NS(=O)(=O)c4cc5c(c([N+](=O)[O-])n4)N[C@@H](C[C@H]4CC[C@](C)(O)CC4)CO5)c(Oc4cnc5[nH]ccc5c4)c3)CC2)C1. The number of aliphatic hydroxyl groups is 1. The van der Waals surface area contributed by atoms with Crippen LogP contribution in [0.25, 0.3) is 11.0 Å². The Morgan fingerprint density at radius 3 is 2.58 bits per heavy atom. The van der Waals surface area contributed by atoms with Crippen LogP contribution in [0.4, 0.5) is 17.2 Å². The van der Waals surface area contributed by atoms with Gasteiger partial charge in [-0.15, -0.1) is 0 Å². The van der Waals surface area contributed by atoms with Crippen LogP contribution in [-0.4, -0.2) is 88.1 Å². The molecule has 2 saturated carbocycles. The molecule has 10 rings (SSSR count). The monoisotopic (exact) mass is 932 g/mol. The second-order valence-corrected chi connectivity index (χ2v) is 21.9. The number of aromatic nitrogens is 3. The van der Waals surface area contributed by atoms with Crippen molar-refractivity contribution in [3.05, 3.63) is 99.9 Å². The Kier molecular flexibility index (Phi) is 11.9. The summed E-state index contributed by atoms with van der Waals surface area (Å²) in [5.74, 6) is -0.526. The summed E-state index contributed by atoms with van der Waals surface area (Å²) < 4.78 is 42.2. The van der Waals surface area contributed by atoms with Crippen molar-refractivity contribution in [2.24, 2.45) is 11.3 Å². The number of fused-ring (bicyclic) bond motifs is 2. The number of nitrogens with one attached hydrogen (secondary N) is 3. The number of aromatic amines is 1. The molecule has 4 fully saturated rings. The molecular weight excluding hydrogens is 873 g/mol. The topological polar surface area (TPSA) is 205 Å². The van der Waals surface area contributed by atoms with Gasteiger partial charge in [0.05, 0.1) is 23.4 Å². The molecule has 1 spiro atoms. The number of sulfonamides is 1. The van der Waals surface area contributed by atoms with E-state index in [0.717, 1.165) is 62.5 Å².